The molecule has 21 heavy (non-hydrogen) atoms. The molecule has 3 heteroatoms. The first-order valence-corrected chi connectivity index (χ1v) is 6.94. The van der Waals surface area contributed by atoms with Gasteiger partial charge in [-0.1, -0.05) is 32.9 Å². The van der Waals surface area contributed by atoms with Crippen LogP contribution in [0, 0.1) is 17.1 Å². The lowest BCUT2D eigenvalue weighted by molar-refractivity contribution is 0.475. The molecule has 0 saturated heterocycles. The van der Waals surface area contributed by atoms with Crippen LogP contribution in [0.25, 0.3) is 0 Å². The van der Waals surface area contributed by atoms with Crippen molar-refractivity contribution in [1.29, 1.82) is 5.26 Å². The highest BCUT2D eigenvalue weighted by atomic mass is 19.1. The van der Waals surface area contributed by atoms with Crippen LogP contribution in [0.3, 0.4) is 0 Å². The zero-order chi connectivity index (χ0) is 15.5. The molecule has 0 N–H and O–H groups in total. The van der Waals surface area contributed by atoms with Gasteiger partial charge in [-0.25, -0.2) is 4.39 Å². The number of hydrogen-bond acceptors (Lipinski definition) is 2. The number of hydrogen-bond donors (Lipinski definition) is 0. The van der Waals surface area contributed by atoms with Crippen LogP contribution in [-0.2, 0) is 5.41 Å². The second-order valence-electron chi connectivity index (χ2n) is 5.62. The lowest BCUT2D eigenvalue weighted by Crippen LogP contribution is -2.14. The molecule has 0 aliphatic rings. The maximum absolute atomic E-state index is 13.1. The molecule has 2 aromatic rings. The molecule has 0 spiro atoms. The third-order valence-corrected chi connectivity index (χ3v) is 3.81. The SMILES string of the molecule is CCC(C)(C)c1ccc(Oc2ccc(F)cc2C#N)cc1. The van der Waals surface area contributed by atoms with E-state index in [0.29, 0.717) is 11.5 Å². The summed E-state index contributed by atoms with van der Waals surface area (Å²) in [6, 6.07) is 13.6. The Bertz CT molecular complexity index is 669. The average Bonchev–Trinajstić information content (AvgIpc) is 2.49. The number of benzene rings is 2. The van der Waals surface area contributed by atoms with Gasteiger partial charge in [0.05, 0.1) is 5.56 Å². The number of rotatable bonds is 4. The molecule has 0 saturated carbocycles. The fourth-order valence-corrected chi connectivity index (χ4v) is 1.98. The van der Waals surface area contributed by atoms with Gasteiger partial charge in [0, 0.05) is 0 Å². The summed E-state index contributed by atoms with van der Waals surface area (Å²) in [4.78, 5) is 0. The Morgan fingerprint density at radius 1 is 1.14 bits per heavy atom. The van der Waals surface area contributed by atoms with Crippen molar-refractivity contribution in [1.82, 2.24) is 0 Å². The third kappa shape index (κ3) is 3.41. The Labute approximate surface area is 124 Å². The van der Waals surface area contributed by atoms with E-state index in [9.17, 15) is 4.39 Å². The third-order valence-electron chi connectivity index (χ3n) is 3.81. The summed E-state index contributed by atoms with van der Waals surface area (Å²) in [7, 11) is 0. The first-order valence-electron chi connectivity index (χ1n) is 6.94. The fourth-order valence-electron chi connectivity index (χ4n) is 1.98. The monoisotopic (exact) mass is 283 g/mol. The van der Waals surface area contributed by atoms with Gasteiger partial charge in [-0.15, -0.1) is 0 Å². The van der Waals surface area contributed by atoms with Gasteiger partial charge in [0.1, 0.15) is 23.4 Å². The van der Waals surface area contributed by atoms with Crippen LogP contribution in [0.15, 0.2) is 42.5 Å². The lowest BCUT2D eigenvalue weighted by Gasteiger charge is -2.23. The molecule has 108 valence electrons. The quantitative estimate of drug-likeness (QED) is 0.774. The predicted molar refractivity (Wildman–Crippen MR) is 80.9 cm³/mol. The van der Waals surface area contributed by atoms with Crippen molar-refractivity contribution >= 4 is 0 Å². The Morgan fingerprint density at radius 3 is 2.38 bits per heavy atom. The van der Waals surface area contributed by atoms with E-state index in [1.807, 2.05) is 30.3 Å². The molecule has 0 heterocycles. The second-order valence-corrected chi connectivity index (χ2v) is 5.62. The van der Waals surface area contributed by atoms with E-state index in [-0.39, 0.29) is 11.0 Å². The summed E-state index contributed by atoms with van der Waals surface area (Å²) in [5.74, 6) is 0.550. The molecule has 2 rings (SSSR count). The van der Waals surface area contributed by atoms with Gasteiger partial charge in [0.25, 0.3) is 0 Å². The van der Waals surface area contributed by atoms with Crippen molar-refractivity contribution in [2.24, 2.45) is 0 Å². The smallest absolute Gasteiger partial charge is 0.145 e. The fraction of sp³-hybridized carbons (Fsp3) is 0.278. The van der Waals surface area contributed by atoms with Gasteiger partial charge in [-0.3, -0.25) is 0 Å². The summed E-state index contributed by atoms with van der Waals surface area (Å²) in [6.07, 6.45) is 1.05. The van der Waals surface area contributed by atoms with E-state index in [4.69, 9.17) is 10.00 Å². The molecular formula is C18H18FNO. The highest BCUT2D eigenvalue weighted by Crippen LogP contribution is 2.30. The predicted octanol–water partition coefficient (Wildman–Crippen LogP) is 5.18. The molecular weight excluding hydrogens is 265 g/mol. The number of ether oxygens (including phenoxy) is 1. The van der Waals surface area contributed by atoms with E-state index < -0.39 is 5.82 Å². The standard InChI is InChI=1S/C18H18FNO/c1-4-18(2,3)14-5-8-16(9-6-14)21-17-10-7-15(19)11-13(17)12-20/h5-11H,4H2,1-3H3. The maximum atomic E-state index is 13.1. The highest BCUT2D eigenvalue weighted by Gasteiger charge is 2.17. The minimum absolute atomic E-state index is 0.117. The summed E-state index contributed by atoms with van der Waals surface area (Å²) >= 11 is 0. The highest BCUT2D eigenvalue weighted by molar-refractivity contribution is 5.45. The Kier molecular flexibility index (Phi) is 4.28. The lowest BCUT2D eigenvalue weighted by atomic mass is 9.82. The van der Waals surface area contributed by atoms with E-state index in [1.54, 1.807) is 0 Å². The Morgan fingerprint density at radius 2 is 1.81 bits per heavy atom. The minimum Gasteiger partial charge on any atom is -0.456 e. The normalized spacial score (nSPS) is 11.0. The molecule has 0 aliphatic carbocycles. The zero-order valence-corrected chi connectivity index (χ0v) is 12.5. The molecule has 0 atom stereocenters. The van der Waals surface area contributed by atoms with Crippen molar-refractivity contribution in [3.05, 3.63) is 59.4 Å². The van der Waals surface area contributed by atoms with Crippen LogP contribution in [0.4, 0.5) is 4.39 Å². The second kappa shape index (κ2) is 5.97. The van der Waals surface area contributed by atoms with E-state index in [0.717, 1.165) is 6.42 Å². The summed E-state index contributed by atoms with van der Waals surface area (Å²) in [6.45, 7) is 6.54. The van der Waals surface area contributed by atoms with Gasteiger partial charge in [-0.2, -0.15) is 5.26 Å². The summed E-state index contributed by atoms with van der Waals surface area (Å²) in [5, 5.41) is 9.01. The molecule has 0 unspecified atom stereocenters. The van der Waals surface area contributed by atoms with E-state index >= 15 is 0 Å². The van der Waals surface area contributed by atoms with Gasteiger partial charge >= 0.3 is 0 Å². The van der Waals surface area contributed by atoms with Gasteiger partial charge in [-0.05, 0) is 47.7 Å². The molecule has 2 aromatic carbocycles. The zero-order valence-electron chi connectivity index (χ0n) is 12.5. The molecule has 0 bridgehead atoms. The number of nitriles is 1. The van der Waals surface area contributed by atoms with Crippen LogP contribution >= 0.6 is 0 Å². The van der Waals surface area contributed by atoms with E-state index in [2.05, 4.69) is 20.8 Å². The molecule has 0 fully saturated rings. The van der Waals surface area contributed by atoms with Crippen molar-refractivity contribution in [3.8, 4) is 17.6 Å². The minimum atomic E-state index is -0.445. The van der Waals surface area contributed by atoms with Crippen molar-refractivity contribution < 1.29 is 9.13 Å². The van der Waals surface area contributed by atoms with Crippen molar-refractivity contribution in [2.75, 3.05) is 0 Å². The number of halogens is 1. The van der Waals surface area contributed by atoms with Gasteiger partial charge in [0.15, 0.2) is 0 Å². The first kappa shape index (κ1) is 15.1. The van der Waals surface area contributed by atoms with Gasteiger partial charge < -0.3 is 4.74 Å². The van der Waals surface area contributed by atoms with Crippen LogP contribution in [0.2, 0.25) is 0 Å². The molecule has 0 aromatic heterocycles. The number of nitrogens with zero attached hydrogens (tertiary/aromatic N) is 1. The van der Waals surface area contributed by atoms with Gasteiger partial charge in [0.2, 0.25) is 0 Å². The van der Waals surface area contributed by atoms with Crippen LogP contribution in [-0.4, -0.2) is 0 Å². The largest absolute Gasteiger partial charge is 0.456 e. The van der Waals surface area contributed by atoms with Crippen LogP contribution < -0.4 is 4.74 Å². The molecule has 2 nitrogen and oxygen atoms in total. The summed E-state index contributed by atoms with van der Waals surface area (Å²) in [5.41, 5.74) is 1.54. The van der Waals surface area contributed by atoms with E-state index in [1.165, 1.54) is 23.8 Å². The molecule has 0 radical (unpaired) electrons. The topological polar surface area (TPSA) is 33.0 Å². The molecule has 0 amide bonds. The molecule has 0 aliphatic heterocycles. The Hall–Kier alpha value is -2.34. The van der Waals surface area contributed by atoms with Crippen molar-refractivity contribution in [3.63, 3.8) is 0 Å². The van der Waals surface area contributed by atoms with Crippen LogP contribution in [0.5, 0.6) is 11.5 Å². The maximum Gasteiger partial charge on any atom is 0.145 e. The first-order chi connectivity index (χ1) is 9.96. The summed E-state index contributed by atoms with van der Waals surface area (Å²) < 4.78 is 18.8. The van der Waals surface area contributed by atoms with Crippen molar-refractivity contribution in [2.45, 2.75) is 32.6 Å². The Balaban J connectivity index is 2.24. The van der Waals surface area contributed by atoms with Crippen LogP contribution in [0.1, 0.15) is 38.3 Å². The average molecular weight is 283 g/mol.